The molecule has 0 atom stereocenters. The zero-order valence-electron chi connectivity index (χ0n) is 10.1. The van der Waals surface area contributed by atoms with Crippen LogP contribution >= 0.6 is 0 Å². The van der Waals surface area contributed by atoms with Gasteiger partial charge < -0.3 is 0 Å². The Balaban J connectivity index is 2.44. The minimum atomic E-state index is 0.406. The zero-order valence-corrected chi connectivity index (χ0v) is 10.1. The molecular weight excluding hydrogens is 158 g/mol. The molecule has 78 valence electrons. The fourth-order valence-corrected chi connectivity index (χ4v) is 2.54. The summed E-state index contributed by atoms with van der Waals surface area (Å²) in [5.41, 5.74) is 0.970. The Morgan fingerprint density at radius 2 is 1.69 bits per heavy atom. The predicted molar refractivity (Wildman–Crippen MR) is 58.9 cm³/mol. The van der Waals surface area contributed by atoms with E-state index in [-0.39, 0.29) is 0 Å². The van der Waals surface area contributed by atoms with Crippen LogP contribution in [0.15, 0.2) is 0 Å². The van der Waals surface area contributed by atoms with Crippen LogP contribution in [0.1, 0.15) is 48.0 Å². The highest BCUT2D eigenvalue weighted by Crippen LogP contribution is 2.37. The van der Waals surface area contributed by atoms with Gasteiger partial charge in [-0.1, -0.05) is 27.7 Å². The SMILES string of the molecule is CC(C)CC(C)(C)N1CC(C)(C)C1. The van der Waals surface area contributed by atoms with E-state index < -0.39 is 0 Å². The van der Waals surface area contributed by atoms with Crippen molar-refractivity contribution in [3.8, 4) is 0 Å². The van der Waals surface area contributed by atoms with E-state index in [1.54, 1.807) is 0 Å². The van der Waals surface area contributed by atoms with Gasteiger partial charge in [-0.05, 0) is 31.6 Å². The summed E-state index contributed by atoms with van der Waals surface area (Å²) in [6, 6.07) is 0. The maximum absolute atomic E-state index is 2.62. The van der Waals surface area contributed by atoms with Crippen molar-refractivity contribution in [1.82, 2.24) is 4.90 Å². The maximum Gasteiger partial charge on any atom is 0.0156 e. The van der Waals surface area contributed by atoms with Crippen molar-refractivity contribution in [2.45, 2.75) is 53.5 Å². The van der Waals surface area contributed by atoms with Gasteiger partial charge >= 0.3 is 0 Å². The van der Waals surface area contributed by atoms with E-state index in [4.69, 9.17) is 0 Å². The Kier molecular flexibility index (Phi) is 2.78. The highest BCUT2D eigenvalue weighted by Gasteiger charge is 2.41. The van der Waals surface area contributed by atoms with Gasteiger partial charge in [0.05, 0.1) is 0 Å². The van der Waals surface area contributed by atoms with Gasteiger partial charge in [0.25, 0.3) is 0 Å². The summed E-state index contributed by atoms with van der Waals surface area (Å²) >= 11 is 0. The third-order valence-corrected chi connectivity index (χ3v) is 3.00. The first kappa shape index (κ1) is 11.0. The van der Waals surface area contributed by atoms with Crippen molar-refractivity contribution < 1.29 is 0 Å². The van der Waals surface area contributed by atoms with Gasteiger partial charge in [0.15, 0.2) is 0 Å². The van der Waals surface area contributed by atoms with Crippen LogP contribution in [0.5, 0.6) is 0 Å². The van der Waals surface area contributed by atoms with Gasteiger partial charge in [-0.3, -0.25) is 4.90 Å². The second-order valence-electron chi connectivity index (χ2n) is 6.43. The van der Waals surface area contributed by atoms with Crippen LogP contribution in [-0.4, -0.2) is 23.5 Å². The van der Waals surface area contributed by atoms with Gasteiger partial charge in [0, 0.05) is 18.6 Å². The number of rotatable bonds is 3. The summed E-state index contributed by atoms with van der Waals surface area (Å²) in [6.45, 7) is 16.6. The number of likely N-dealkylation sites (tertiary alicyclic amines) is 1. The standard InChI is InChI=1S/C12H25N/c1-10(2)7-12(5,6)13-8-11(3,4)9-13/h10H,7-9H2,1-6H3. The second kappa shape index (κ2) is 3.27. The molecule has 1 heterocycles. The van der Waals surface area contributed by atoms with Crippen molar-refractivity contribution in [2.24, 2.45) is 11.3 Å². The maximum atomic E-state index is 2.62. The highest BCUT2D eigenvalue weighted by molar-refractivity contribution is 4.96. The van der Waals surface area contributed by atoms with Crippen molar-refractivity contribution in [1.29, 1.82) is 0 Å². The Morgan fingerprint density at radius 1 is 1.23 bits per heavy atom. The molecule has 0 bridgehead atoms. The summed E-state index contributed by atoms with van der Waals surface area (Å²) in [5, 5.41) is 0. The second-order valence-corrected chi connectivity index (χ2v) is 6.43. The van der Waals surface area contributed by atoms with Gasteiger partial charge in [-0.25, -0.2) is 0 Å². The van der Waals surface area contributed by atoms with Crippen LogP contribution in [0.4, 0.5) is 0 Å². The number of hydrogen-bond donors (Lipinski definition) is 0. The zero-order chi connectivity index (χ0) is 10.3. The fraction of sp³-hybridized carbons (Fsp3) is 1.00. The first-order chi connectivity index (χ1) is 5.73. The number of nitrogens with zero attached hydrogens (tertiary/aromatic N) is 1. The molecule has 0 unspecified atom stereocenters. The molecule has 1 saturated heterocycles. The molecule has 0 aromatic rings. The minimum Gasteiger partial charge on any atom is -0.297 e. The largest absolute Gasteiger partial charge is 0.297 e. The first-order valence-corrected chi connectivity index (χ1v) is 5.48. The average Bonchev–Trinajstić information content (AvgIpc) is 1.79. The summed E-state index contributed by atoms with van der Waals surface area (Å²) in [5.74, 6) is 0.804. The lowest BCUT2D eigenvalue weighted by Gasteiger charge is -2.54. The molecule has 0 aliphatic carbocycles. The van der Waals surface area contributed by atoms with Gasteiger partial charge in [-0.15, -0.1) is 0 Å². The van der Waals surface area contributed by atoms with E-state index in [0.29, 0.717) is 11.0 Å². The normalized spacial score (nSPS) is 23.3. The third kappa shape index (κ3) is 2.70. The van der Waals surface area contributed by atoms with E-state index in [1.165, 1.54) is 19.5 Å². The fourth-order valence-electron chi connectivity index (χ4n) is 2.54. The Bertz CT molecular complexity index is 172. The molecular formula is C12H25N. The molecule has 0 aromatic heterocycles. The lowest BCUT2D eigenvalue weighted by Crippen LogP contribution is -2.61. The topological polar surface area (TPSA) is 3.24 Å². The smallest absolute Gasteiger partial charge is 0.0156 e. The molecule has 1 heteroatoms. The summed E-state index contributed by atoms with van der Waals surface area (Å²) in [7, 11) is 0. The lowest BCUT2D eigenvalue weighted by atomic mass is 9.78. The molecule has 0 amide bonds. The van der Waals surface area contributed by atoms with Crippen LogP contribution < -0.4 is 0 Å². The molecule has 1 nitrogen and oxygen atoms in total. The molecule has 1 aliphatic heterocycles. The Hall–Kier alpha value is -0.0400. The van der Waals surface area contributed by atoms with E-state index in [0.717, 1.165) is 5.92 Å². The molecule has 13 heavy (non-hydrogen) atoms. The average molecular weight is 183 g/mol. The summed E-state index contributed by atoms with van der Waals surface area (Å²) in [4.78, 5) is 2.62. The Morgan fingerprint density at radius 3 is 2.00 bits per heavy atom. The summed E-state index contributed by atoms with van der Waals surface area (Å²) < 4.78 is 0. The van der Waals surface area contributed by atoms with Crippen molar-refractivity contribution >= 4 is 0 Å². The monoisotopic (exact) mass is 183 g/mol. The van der Waals surface area contributed by atoms with E-state index in [9.17, 15) is 0 Å². The van der Waals surface area contributed by atoms with Crippen LogP contribution in [0.3, 0.4) is 0 Å². The highest BCUT2D eigenvalue weighted by atomic mass is 15.3. The molecule has 1 aliphatic rings. The number of hydrogen-bond acceptors (Lipinski definition) is 1. The van der Waals surface area contributed by atoms with Crippen LogP contribution in [-0.2, 0) is 0 Å². The van der Waals surface area contributed by atoms with Crippen LogP contribution in [0.2, 0.25) is 0 Å². The molecule has 0 saturated carbocycles. The van der Waals surface area contributed by atoms with Crippen molar-refractivity contribution in [3.05, 3.63) is 0 Å². The van der Waals surface area contributed by atoms with E-state index in [2.05, 4.69) is 46.4 Å². The molecule has 1 fully saturated rings. The molecule has 0 spiro atoms. The molecule has 0 N–H and O–H groups in total. The summed E-state index contributed by atoms with van der Waals surface area (Å²) in [6.07, 6.45) is 1.31. The lowest BCUT2D eigenvalue weighted by molar-refractivity contribution is -0.0525. The Labute approximate surface area is 83.5 Å². The predicted octanol–water partition coefficient (Wildman–Crippen LogP) is 3.15. The third-order valence-electron chi connectivity index (χ3n) is 3.00. The van der Waals surface area contributed by atoms with Gasteiger partial charge in [0.2, 0.25) is 0 Å². The van der Waals surface area contributed by atoms with E-state index in [1.807, 2.05) is 0 Å². The van der Waals surface area contributed by atoms with Crippen LogP contribution in [0, 0.1) is 11.3 Å². The van der Waals surface area contributed by atoms with Crippen molar-refractivity contribution in [3.63, 3.8) is 0 Å². The molecule has 0 aromatic carbocycles. The van der Waals surface area contributed by atoms with Gasteiger partial charge in [-0.2, -0.15) is 0 Å². The molecule has 1 rings (SSSR count). The minimum absolute atomic E-state index is 0.406. The van der Waals surface area contributed by atoms with Gasteiger partial charge in [0.1, 0.15) is 0 Å². The van der Waals surface area contributed by atoms with Crippen molar-refractivity contribution in [2.75, 3.05) is 13.1 Å². The quantitative estimate of drug-likeness (QED) is 0.649. The first-order valence-electron chi connectivity index (χ1n) is 5.48. The molecule has 0 radical (unpaired) electrons. The van der Waals surface area contributed by atoms with Crippen LogP contribution in [0.25, 0.3) is 0 Å². The van der Waals surface area contributed by atoms with E-state index >= 15 is 0 Å².